The van der Waals surface area contributed by atoms with Crippen LogP contribution in [-0.4, -0.2) is 31.9 Å². The number of nitrogens with one attached hydrogen (secondary N) is 1. The highest BCUT2D eigenvalue weighted by molar-refractivity contribution is 7.13. The zero-order valence-corrected chi connectivity index (χ0v) is 16.7. The van der Waals surface area contributed by atoms with Crippen LogP contribution >= 0.6 is 23.1 Å². The van der Waals surface area contributed by atoms with Crippen molar-refractivity contribution in [2.75, 3.05) is 12.4 Å². The molecule has 1 amide bonds. The molecule has 0 spiro atoms. The summed E-state index contributed by atoms with van der Waals surface area (Å²) in [6.07, 6.45) is 4.64. The quantitative estimate of drug-likeness (QED) is 0.525. The fraction of sp³-hybridized carbons (Fsp3) is 0.105. The Hall–Kier alpha value is -3.30. The first-order valence-electron chi connectivity index (χ1n) is 8.45. The van der Waals surface area contributed by atoms with E-state index in [2.05, 4.69) is 19.7 Å². The van der Waals surface area contributed by atoms with E-state index in [1.54, 1.807) is 42.7 Å². The first-order valence-corrected chi connectivity index (χ1v) is 9.60. The van der Waals surface area contributed by atoms with Crippen LogP contribution in [0.3, 0.4) is 0 Å². The third-order valence-electron chi connectivity index (χ3n) is 4.15. The number of carbonyl (C=O) groups excluding carboxylic acids is 1. The zero-order chi connectivity index (χ0) is 20.4. The number of carbonyl (C=O) groups is 1. The van der Waals surface area contributed by atoms with Crippen LogP contribution < -0.4 is 15.6 Å². The molecular formula is C19H14ClN5O3S. The molecule has 29 heavy (non-hydrogen) atoms. The number of amides is 1. The minimum absolute atomic E-state index is 0.208. The minimum atomic E-state index is -0.410. The van der Waals surface area contributed by atoms with Gasteiger partial charge in [0.05, 0.1) is 19.1 Å². The monoisotopic (exact) mass is 427 g/mol. The molecule has 0 aliphatic heterocycles. The van der Waals surface area contributed by atoms with Crippen molar-refractivity contribution < 1.29 is 9.53 Å². The first-order chi connectivity index (χ1) is 14.1. The molecule has 0 unspecified atom stereocenters. The van der Waals surface area contributed by atoms with Crippen LogP contribution in [0.2, 0.25) is 5.02 Å². The number of pyridine rings is 1. The molecule has 0 aliphatic carbocycles. The largest absolute Gasteiger partial charge is 0.495 e. The Morgan fingerprint density at radius 1 is 1.28 bits per heavy atom. The molecule has 0 saturated carbocycles. The standard InChI is InChI=1S/C19H14ClN5O3S/c1-28-14-3-2-12(20)8-13(14)23-15(26)9-25-10-22-17-16(11-4-6-21-7-5-11)24-29-18(17)19(25)27/h2-8,10H,9H2,1H3,(H,23,26). The van der Waals surface area contributed by atoms with Gasteiger partial charge >= 0.3 is 0 Å². The molecule has 0 atom stereocenters. The molecule has 3 heterocycles. The number of halogens is 1. The Kier molecular flexibility index (Phi) is 5.24. The molecule has 146 valence electrons. The Morgan fingerprint density at radius 3 is 2.83 bits per heavy atom. The number of rotatable bonds is 5. The SMILES string of the molecule is COc1ccc(Cl)cc1NC(=O)Cn1cnc2c(-c3ccncc3)nsc2c1=O. The highest BCUT2D eigenvalue weighted by Gasteiger charge is 2.16. The summed E-state index contributed by atoms with van der Waals surface area (Å²) in [4.78, 5) is 33.6. The van der Waals surface area contributed by atoms with Crippen LogP contribution in [0.4, 0.5) is 5.69 Å². The van der Waals surface area contributed by atoms with Gasteiger partial charge < -0.3 is 10.1 Å². The zero-order valence-electron chi connectivity index (χ0n) is 15.1. The number of aromatic nitrogens is 4. The number of fused-ring (bicyclic) bond motifs is 1. The number of anilines is 1. The van der Waals surface area contributed by atoms with Crippen LogP contribution in [0.25, 0.3) is 21.5 Å². The van der Waals surface area contributed by atoms with Crippen molar-refractivity contribution in [1.29, 1.82) is 0 Å². The van der Waals surface area contributed by atoms with Crippen molar-refractivity contribution in [3.05, 3.63) is 64.4 Å². The van der Waals surface area contributed by atoms with Gasteiger partial charge in [0.25, 0.3) is 5.56 Å². The van der Waals surface area contributed by atoms with Gasteiger partial charge in [0.15, 0.2) is 0 Å². The van der Waals surface area contributed by atoms with Gasteiger partial charge in [-0.3, -0.25) is 19.1 Å². The van der Waals surface area contributed by atoms with Crippen LogP contribution in [-0.2, 0) is 11.3 Å². The first kappa shape index (κ1) is 19.0. The Morgan fingerprint density at radius 2 is 2.07 bits per heavy atom. The molecule has 0 radical (unpaired) electrons. The average Bonchev–Trinajstić information content (AvgIpc) is 3.16. The van der Waals surface area contributed by atoms with Crippen molar-refractivity contribution in [2.45, 2.75) is 6.54 Å². The van der Waals surface area contributed by atoms with E-state index in [-0.39, 0.29) is 12.1 Å². The van der Waals surface area contributed by atoms with E-state index in [1.807, 2.05) is 0 Å². The molecule has 0 saturated heterocycles. The van der Waals surface area contributed by atoms with Crippen LogP contribution in [0.1, 0.15) is 0 Å². The number of benzene rings is 1. The topological polar surface area (TPSA) is 99.0 Å². The smallest absolute Gasteiger partial charge is 0.273 e. The maximum atomic E-state index is 12.8. The lowest BCUT2D eigenvalue weighted by Gasteiger charge is -2.11. The molecular weight excluding hydrogens is 414 g/mol. The van der Waals surface area contributed by atoms with E-state index in [0.29, 0.717) is 32.4 Å². The summed E-state index contributed by atoms with van der Waals surface area (Å²) >= 11 is 7.03. The van der Waals surface area contributed by atoms with E-state index in [1.165, 1.54) is 18.0 Å². The van der Waals surface area contributed by atoms with Crippen molar-refractivity contribution in [3.8, 4) is 17.0 Å². The normalized spacial score (nSPS) is 10.8. The third kappa shape index (κ3) is 3.82. The van der Waals surface area contributed by atoms with Gasteiger partial charge in [-0.1, -0.05) is 11.6 Å². The lowest BCUT2D eigenvalue weighted by atomic mass is 10.2. The molecule has 10 heteroatoms. The van der Waals surface area contributed by atoms with Gasteiger partial charge in [0, 0.05) is 23.0 Å². The maximum absolute atomic E-state index is 12.8. The molecule has 1 aromatic carbocycles. The summed E-state index contributed by atoms with van der Waals surface area (Å²) in [5, 5.41) is 3.16. The van der Waals surface area contributed by atoms with Crippen LogP contribution in [0, 0.1) is 0 Å². The van der Waals surface area contributed by atoms with E-state index in [0.717, 1.165) is 17.1 Å². The van der Waals surface area contributed by atoms with Gasteiger partial charge in [0.2, 0.25) is 5.91 Å². The fourth-order valence-corrected chi connectivity index (χ4v) is 3.77. The Balaban J connectivity index is 1.61. The number of hydrogen-bond donors (Lipinski definition) is 1. The lowest BCUT2D eigenvalue weighted by Crippen LogP contribution is -2.27. The summed E-state index contributed by atoms with van der Waals surface area (Å²) in [5.41, 5.74) is 2.02. The molecule has 4 rings (SSSR count). The molecule has 8 nitrogen and oxygen atoms in total. The lowest BCUT2D eigenvalue weighted by molar-refractivity contribution is -0.116. The summed E-state index contributed by atoms with van der Waals surface area (Å²) in [6, 6.07) is 8.48. The molecule has 0 fully saturated rings. The molecule has 0 aliphatic rings. The summed E-state index contributed by atoms with van der Waals surface area (Å²) in [5.74, 6) is 0.0563. The second kappa shape index (κ2) is 7.98. The molecule has 1 N–H and O–H groups in total. The highest BCUT2D eigenvalue weighted by atomic mass is 35.5. The van der Waals surface area contributed by atoms with Gasteiger partial charge in [-0.25, -0.2) is 4.98 Å². The number of hydrogen-bond acceptors (Lipinski definition) is 7. The molecule has 0 bridgehead atoms. The highest BCUT2D eigenvalue weighted by Crippen LogP contribution is 2.28. The molecule has 3 aromatic heterocycles. The summed E-state index contributed by atoms with van der Waals surface area (Å²) in [6.45, 7) is -0.208. The summed E-state index contributed by atoms with van der Waals surface area (Å²) < 4.78 is 11.2. The van der Waals surface area contributed by atoms with E-state index in [9.17, 15) is 9.59 Å². The van der Waals surface area contributed by atoms with Crippen molar-refractivity contribution in [1.82, 2.24) is 18.9 Å². The van der Waals surface area contributed by atoms with Crippen molar-refractivity contribution >= 4 is 44.9 Å². The molecule has 4 aromatic rings. The predicted molar refractivity (Wildman–Crippen MR) is 112 cm³/mol. The maximum Gasteiger partial charge on any atom is 0.273 e. The van der Waals surface area contributed by atoms with Gasteiger partial charge in [-0.15, -0.1) is 0 Å². The third-order valence-corrected chi connectivity index (χ3v) is 5.21. The fourth-order valence-electron chi connectivity index (χ4n) is 2.79. The second-order valence-corrected chi connectivity index (χ2v) is 7.23. The van der Waals surface area contributed by atoms with Crippen molar-refractivity contribution in [2.24, 2.45) is 0 Å². The average molecular weight is 428 g/mol. The van der Waals surface area contributed by atoms with Gasteiger partial charge in [0.1, 0.15) is 28.2 Å². The Bertz CT molecular complexity index is 1260. The minimum Gasteiger partial charge on any atom is -0.495 e. The number of methoxy groups -OCH3 is 1. The van der Waals surface area contributed by atoms with Gasteiger partial charge in [-0.2, -0.15) is 4.37 Å². The number of ether oxygens (including phenoxy) is 1. The van der Waals surface area contributed by atoms with Crippen LogP contribution in [0.5, 0.6) is 5.75 Å². The second-order valence-electron chi connectivity index (χ2n) is 6.02. The van der Waals surface area contributed by atoms with Gasteiger partial charge in [-0.05, 0) is 41.9 Å². The van der Waals surface area contributed by atoms with Crippen LogP contribution in [0.15, 0.2) is 53.8 Å². The predicted octanol–water partition coefficient (Wildman–Crippen LogP) is 3.22. The Labute approximate surface area is 173 Å². The van der Waals surface area contributed by atoms with Crippen molar-refractivity contribution in [3.63, 3.8) is 0 Å². The van der Waals surface area contributed by atoms with E-state index in [4.69, 9.17) is 16.3 Å². The number of nitrogens with zero attached hydrogens (tertiary/aromatic N) is 4. The summed E-state index contributed by atoms with van der Waals surface area (Å²) in [7, 11) is 1.49. The van der Waals surface area contributed by atoms with E-state index >= 15 is 0 Å². The van der Waals surface area contributed by atoms with E-state index < -0.39 is 5.91 Å².